The lowest BCUT2D eigenvalue weighted by Crippen LogP contribution is -2.47. The first-order valence-corrected chi connectivity index (χ1v) is 11.1. The molecular formula is C22H23Cl3N6. The minimum atomic E-state index is 0.492. The van der Waals surface area contributed by atoms with Gasteiger partial charge in [-0.1, -0.05) is 40.9 Å². The van der Waals surface area contributed by atoms with Crippen LogP contribution in [0.5, 0.6) is 0 Å². The summed E-state index contributed by atoms with van der Waals surface area (Å²) >= 11 is 18.3. The summed E-state index contributed by atoms with van der Waals surface area (Å²) in [7, 11) is 3.93. The van der Waals surface area contributed by atoms with Crippen molar-refractivity contribution in [3.8, 4) is 0 Å². The van der Waals surface area contributed by atoms with Gasteiger partial charge in [0.1, 0.15) is 11.6 Å². The van der Waals surface area contributed by atoms with E-state index in [1.807, 2.05) is 49.3 Å². The molecule has 1 aliphatic rings. The lowest BCUT2D eigenvalue weighted by molar-refractivity contribution is 0.640. The van der Waals surface area contributed by atoms with E-state index in [-0.39, 0.29) is 0 Å². The molecule has 0 atom stereocenters. The number of piperazine rings is 1. The molecule has 31 heavy (non-hydrogen) atoms. The summed E-state index contributed by atoms with van der Waals surface area (Å²) in [5, 5.41) is 5.07. The molecule has 0 aliphatic carbocycles. The normalized spacial score (nSPS) is 14.0. The zero-order valence-corrected chi connectivity index (χ0v) is 19.6. The predicted molar refractivity (Wildman–Crippen MR) is 132 cm³/mol. The van der Waals surface area contributed by atoms with Gasteiger partial charge in [0.15, 0.2) is 0 Å². The first-order valence-electron chi connectivity index (χ1n) is 9.93. The van der Waals surface area contributed by atoms with E-state index >= 15 is 0 Å². The molecule has 0 saturated carbocycles. The van der Waals surface area contributed by atoms with Crippen molar-refractivity contribution in [3.63, 3.8) is 0 Å². The van der Waals surface area contributed by atoms with E-state index in [1.54, 1.807) is 12.1 Å². The van der Waals surface area contributed by atoms with E-state index < -0.39 is 0 Å². The van der Waals surface area contributed by atoms with Crippen LogP contribution in [-0.2, 0) is 0 Å². The molecular weight excluding hydrogens is 455 g/mol. The predicted octanol–water partition coefficient (Wildman–Crippen LogP) is 5.57. The summed E-state index contributed by atoms with van der Waals surface area (Å²) in [6.07, 6.45) is 0. The smallest absolute Gasteiger partial charge is 0.229 e. The van der Waals surface area contributed by atoms with Gasteiger partial charge in [-0.15, -0.1) is 0 Å². The maximum Gasteiger partial charge on any atom is 0.229 e. The van der Waals surface area contributed by atoms with Crippen LogP contribution in [0.3, 0.4) is 0 Å². The molecule has 2 aromatic carbocycles. The Bertz CT molecular complexity index is 1070. The van der Waals surface area contributed by atoms with Crippen LogP contribution in [0, 0.1) is 0 Å². The molecule has 1 saturated heterocycles. The Morgan fingerprint density at radius 3 is 2.26 bits per heavy atom. The number of benzene rings is 2. The highest BCUT2D eigenvalue weighted by Crippen LogP contribution is 2.28. The van der Waals surface area contributed by atoms with Crippen molar-refractivity contribution >= 4 is 63.8 Å². The molecule has 0 spiro atoms. The van der Waals surface area contributed by atoms with Gasteiger partial charge in [0.2, 0.25) is 5.95 Å². The summed E-state index contributed by atoms with van der Waals surface area (Å²) in [5.74, 6) is 2.22. The highest BCUT2D eigenvalue weighted by Gasteiger charge is 2.21. The third-order valence-corrected chi connectivity index (χ3v) is 6.06. The molecule has 1 aromatic heterocycles. The molecule has 4 rings (SSSR count). The fraction of sp³-hybridized carbons (Fsp3) is 0.273. The largest absolute Gasteiger partial charge is 0.368 e. The Morgan fingerprint density at radius 1 is 0.839 bits per heavy atom. The van der Waals surface area contributed by atoms with Crippen LogP contribution in [0.25, 0.3) is 0 Å². The Hall–Kier alpha value is -2.41. The summed E-state index contributed by atoms with van der Waals surface area (Å²) in [4.78, 5) is 16.0. The zero-order valence-electron chi connectivity index (χ0n) is 17.3. The van der Waals surface area contributed by atoms with Crippen LogP contribution in [0.2, 0.25) is 15.1 Å². The van der Waals surface area contributed by atoms with Crippen molar-refractivity contribution in [1.82, 2.24) is 9.97 Å². The van der Waals surface area contributed by atoms with Gasteiger partial charge in [0, 0.05) is 62.7 Å². The van der Waals surface area contributed by atoms with Crippen molar-refractivity contribution in [3.05, 3.63) is 63.6 Å². The van der Waals surface area contributed by atoms with Gasteiger partial charge in [-0.05, 0) is 36.4 Å². The van der Waals surface area contributed by atoms with Crippen molar-refractivity contribution in [2.24, 2.45) is 0 Å². The average molecular weight is 478 g/mol. The van der Waals surface area contributed by atoms with Crippen LogP contribution in [0.15, 0.2) is 48.5 Å². The van der Waals surface area contributed by atoms with Crippen LogP contribution in [0.4, 0.5) is 29.0 Å². The van der Waals surface area contributed by atoms with Gasteiger partial charge in [-0.2, -0.15) is 9.97 Å². The molecule has 3 aromatic rings. The number of hydrogen-bond acceptors (Lipinski definition) is 6. The van der Waals surface area contributed by atoms with Gasteiger partial charge in [0.05, 0.1) is 10.0 Å². The summed E-state index contributed by atoms with van der Waals surface area (Å²) in [6, 6.07) is 15.3. The van der Waals surface area contributed by atoms with Crippen LogP contribution < -0.4 is 20.0 Å². The van der Waals surface area contributed by atoms with E-state index in [0.717, 1.165) is 48.4 Å². The van der Waals surface area contributed by atoms with E-state index in [9.17, 15) is 0 Å². The second kappa shape index (κ2) is 9.39. The van der Waals surface area contributed by atoms with Gasteiger partial charge in [0.25, 0.3) is 0 Å². The Kier molecular flexibility index (Phi) is 6.60. The fourth-order valence-corrected chi connectivity index (χ4v) is 3.90. The quantitative estimate of drug-likeness (QED) is 0.518. The third-order valence-electron chi connectivity index (χ3n) is 5.09. The number of rotatable bonds is 5. The Morgan fingerprint density at radius 2 is 1.58 bits per heavy atom. The molecule has 0 amide bonds. The maximum atomic E-state index is 6.15. The summed E-state index contributed by atoms with van der Waals surface area (Å²) < 4.78 is 0. The number of nitrogens with zero attached hydrogens (tertiary/aromatic N) is 5. The minimum absolute atomic E-state index is 0.492. The van der Waals surface area contributed by atoms with Gasteiger partial charge >= 0.3 is 0 Å². The van der Waals surface area contributed by atoms with E-state index in [1.165, 1.54) is 0 Å². The number of aromatic nitrogens is 2. The lowest BCUT2D eigenvalue weighted by atomic mass is 10.2. The van der Waals surface area contributed by atoms with Gasteiger partial charge in [-0.25, -0.2) is 0 Å². The number of nitrogens with one attached hydrogen (secondary N) is 1. The number of hydrogen-bond donors (Lipinski definition) is 1. The maximum absolute atomic E-state index is 6.15. The second-order valence-corrected chi connectivity index (χ2v) is 8.76. The average Bonchev–Trinajstić information content (AvgIpc) is 2.76. The van der Waals surface area contributed by atoms with E-state index in [2.05, 4.69) is 21.2 Å². The van der Waals surface area contributed by atoms with Crippen molar-refractivity contribution < 1.29 is 0 Å². The third kappa shape index (κ3) is 5.26. The first-order chi connectivity index (χ1) is 14.9. The molecule has 2 heterocycles. The van der Waals surface area contributed by atoms with E-state index in [0.29, 0.717) is 21.8 Å². The SMILES string of the molecule is CN(C)c1cc(Nc2ccc(Cl)c(Cl)c2)nc(N2CCN(c3cccc(Cl)c3)CC2)n1. The van der Waals surface area contributed by atoms with Crippen molar-refractivity contribution in [1.29, 1.82) is 0 Å². The monoisotopic (exact) mass is 476 g/mol. The Balaban J connectivity index is 1.53. The Labute approximate surface area is 197 Å². The number of halogens is 3. The van der Waals surface area contributed by atoms with Crippen molar-refractivity contribution in [2.45, 2.75) is 0 Å². The van der Waals surface area contributed by atoms with E-state index in [4.69, 9.17) is 44.8 Å². The molecule has 0 bridgehead atoms. The highest BCUT2D eigenvalue weighted by atomic mass is 35.5. The molecule has 9 heteroatoms. The lowest BCUT2D eigenvalue weighted by Gasteiger charge is -2.36. The van der Waals surface area contributed by atoms with Gasteiger partial charge in [-0.3, -0.25) is 0 Å². The van der Waals surface area contributed by atoms with Crippen LogP contribution in [-0.4, -0.2) is 50.2 Å². The standard InChI is InChI=1S/C22H23Cl3N6/c1-29(2)21-14-20(26-16-6-7-18(24)19(25)13-16)27-22(28-21)31-10-8-30(9-11-31)17-5-3-4-15(23)12-17/h3-7,12-14H,8-11H2,1-2H3,(H,26,27,28). The first kappa shape index (κ1) is 21.8. The van der Waals surface area contributed by atoms with Crippen LogP contribution >= 0.6 is 34.8 Å². The molecule has 162 valence electrons. The minimum Gasteiger partial charge on any atom is -0.368 e. The van der Waals surface area contributed by atoms with Crippen LogP contribution in [0.1, 0.15) is 0 Å². The molecule has 1 aliphatic heterocycles. The summed E-state index contributed by atoms with van der Waals surface area (Å²) in [5.41, 5.74) is 1.95. The topological polar surface area (TPSA) is 47.5 Å². The summed E-state index contributed by atoms with van der Waals surface area (Å²) in [6.45, 7) is 3.36. The molecule has 6 nitrogen and oxygen atoms in total. The van der Waals surface area contributed by atoms with Crippen molar-refractivity contribution in [2.75, 3.05) is 60.3 Å². The molecule has 1 N–H and O–H groups in total. The number of anilines is 5. The zero-order chi connectivity index (χ0) is 22.0. The molecule has 1 fully saturated rings. The van der Waals surface area contributed by atoms with Gasteiger partial charge < -0.3 is 20.0 Å². The second-order valence-electron chi connectivity index (χ2n) is 7.51. The fourth-order valence-electron chi connectivity index (χ4n) is 3.42. The highest BCUT2D eigenvalue weighted by molar-refractivity contribution is 6.42. The molecule has 0 radical (unpaired) electrons. The molecule has 0 unspecified atom stereocenters.